The molecule has 1 aromatic heterocycles. The number of carbonyl (C=O) groups excluding carboxylic acids is 1. The maximum atomic E-state index is 12.4. The number of aromatic nitrogens is 3. The van der Waals surface area contributed by atoms with Crippen molar-refractivity contribution in [2.75, 3.05) is 13.2 Å². The fraction of sp³-hybridized carbons (Fsp3) is 0.471. The van der Waals surface area contributed by atoms with E-state index in [0.717, 1.165) is 18.4 Å². The molecule has 1 aromatic carbocycles. The van der Waals surface area contributed by atoms with E-state index in [1.54, 1.807) is 12.1 Å². The molecule has 3 N–H and O–H groups in total. The average molecular weight is 316 g/mol. The summed E-state index contributed by atoms with van der Waals surface area (Å²) in [6.45, 7) is 4.89. The first kappa shape index (κ1) is 17.1. The molecule has 6 nitrogen and oxygen atoms in total. The molecule has 0 aliphatic heterocycles. The monoisotopic (exact) mass is 316 g/mol. The highest BCUT2D eigenvalue weighted by Gasteiger charge is 2.26. The van der Waals surface area contributed by atoms with E-state index in [0.29, 0.717) is 24.4 Å². The molecule has 1 amide bonds. The van der Waals surface area contributed by atoms with Gasteiger partial charge in [0.15, 0.2) is 5.82 Å². The van der Waals surface area contributed by atoms with Crippen LogP contribution in [0.1, 0.15) is 43.5 Å². The molecule has 0 aliphatic rings. The summed E-state index contributed by atoms with van der Waals surface area (Å²) in [6, 6.07) is 7.28. The van der Waals surface area contributed by atoms with Crippen LogP contribution in [0.5, 0.6) is 0 Å². The van der Waals surface area contributed by atoms with Crippen molar-refractivity contribution in [3.63, 3.8) is 0 Å². The number of aliphatic hydroxyl groups excluding tert-OH is 1. The van der Waals surface area contributed by atoms with Crippen molar-refractivity contribution in [2.24, 2.45) is 5.41 Å². The van der Waals surface area contributed by atoms with E-state index in [1.165, 1.54) is 6.33 Å². The zero-order valence-electron chi connectivity index (χ0n) is 13.7. The lowest BCUT2D eigenvalue weighted by Gasteiger charge is -2.31. The molecule has 124 valence electrons. The van der Waals surface area contributed by atoms with Gasteiger partial charge in [-0.1, -0.05) is 26.0 Å². The van der Waals surface area contributed by atoms with E-state index in [-0.39, 0.29) is 17.9 Å². The normalized spacial score (nSPS) is 11.4. The third-order valence-corrected chi connectivity index (χ3v) is 4.58. The fourth-order valence-corrected chi connectivity index (χ4v) is 2.70. The Hall–Kier alpha value is -2.21. The van der Waals surface area contributed by atoms with Crippen molar-refractivity contribution in [1.82, 2.24) is 20.5 Å². The van der Waals surface area contributed by atoms with Crippen molar-refractivity contribution in [3.8, 4) is 11.4 Å². The number of H-pyrrole nitrogens is 1. The van der Waals surface area contributed by atoms with Gasteiger partial charge in [0, 0.05) is 24.3 Å². The van der Waals surface area contributed by atoms with E-state index in [2.05, 4.69) is 34.3 Å². The minimum Gasteiger partial charge on any atom is -0.396 e. The molecule has 0 bridgehead atoms. The van der Waals surface area contributed by atoms with Crippen LogP contribution in [0.4, 0.5) is 0 Å². The Morgan fingerprint density at radius 2 is 2.13 bits per heavy atom. The number of amides is 1. The molecule has 6 heteroatoms. The van der Waals surface area contributed by atoms with E-state index in [9.17, 15) is 9.90 Å². The molecule has 0 unspecified atom stereocenters. The van der Waals surface area contributed by atoms with Crippen LogP contribution in [-0.2, 0) is 0 Å². The van der Waals surface area contributed by atoms with Gasteiger partial charge in [-0.15, -0.1) is 0 Å². The molecule has 0 saturated heterocycles. The van der Waals surface area contributed by atoms with Gasteiger partial charge in [0.1, 0.15) is 6.33 Å². The number of nitrogens with one attached hydrogen (secondary N) is 2. The van der Waals surface area contributed by atoms with Gasteiger partial charge in [0.25, 0.3) is 5.91 Å². The number of carbonyl (C=O) groups is 1. The number of nitrogens with zero attached hydrogens (tertiary/aromatic N) is 2. The molecule has 0 spiro atoms. The van der Waals surface area contributed by atoms with Crippen molar-refractivity contribution in [2.45, 2.75) is 33.1 Å². The van der Waals surface area contributed by atoms with Crippen molar-refractivity contribution >= 4 is 5.91 Å². The largest absolute Gasteiger partial charge is 0.396 e. The van der Waals surface area contributed by atoms with Crippen LogP contribution in [0.3, 0.4) is 0 Å². The summed E-state index contributed by atoms with van der Waals surface area (Å²) < 4.78 is 0. The van der Waals surface area contributed by atoms with E-state index >= 15 is 0 Å². The molecule has 1 heterocycles. The molecule has 0 atom stereocenters. The van der Waals surface area contributed by atoms with Gasteiger partial charge in [-0.3, -0.25) is 9.89 Å². The first-order valence-corrected chi connectivity index (χ1v) is 7.99. The predicted octanol–water partition coefficient (Wildman–Crippen LogP) is 2.39. The van der Waals surface area contributed by atoms with Crippen molar-refractivity contribution < 1.29 is 9.90 Å². The van der Waals surface area contributed by atoms with Crippen LogP contribution in [0.25, 0.3) is 11.4 Å². The van der Waals surface area contributed by atoms with Crippen LogP contribution >= 0.6 is 0 Å². The van der Waals surface area contributed by atoms with Gasteiger partial charge < -0.3 is 10.4 Å². The smallest absolute Gasteiger partial charge is 0.251 e. The molecular weight excluding hydrogens is 292 g/mol. The molecule has 0 saturated carbocycles. The lowest BCUT2D eigenvalue weighted by molar-refractivity contribution is 0.0907. The topological polar surface area (TPSA) is 90.9 Å². The Morgan fingerprint density at radius 1 is 1.35 bits per heavy atom. The third kappa shape index (κ3) is 4.16. The summed E-state index contributed by atoms with van der Waals surface area (Å²) in [5.41, 5.74) is 1.36. The molecule has 0 radical (unpaired) electrons. The fourth-order valence-electron chi connectivity index (χ4n) is 2.70. The zero-order valence-corrected chi connectivity index (χ0v) is 13.7. The highest BCUT2D eigenvalue weighted by molar-refractivity contribution is 5.95. The Morgan fingerprint density at radius 3 is 2.74 bits per heavy atom. The number of hydrogen-bond acceptors (Lipinski definition) is 4. The van der Waals surface area contributed by atoms with Gasteiger partial charge in [-0.05, 0) is 36.8 Å². The summed E-state index contributed by atoms with van der Waals surface area (Å²) in [7, 11) is 0. The van der Waals surface area contributed by atoms with Crippen LogP contribution in [-0.4, -0.2) is 39.3 Å². The van der Waals surface area contributed by atoms with Gasteiger partial charge in [0.2, 0.25) is 0 Å². The number of hydrogen-bond donors (Lipinski definition) is 3. The van der Waals surface area contributed by atoms with E-state index < -0.39 is 0 Å². The molecule has 23 heavy (non-hydrogen) atoms. The van der Waals surface area contributed by atoms with Crippen LogP contribution < -0.4 is 5.32 Å². The van der Waals surface area contributed by atoms with Crippen molar-refractivity contribution in [3.05, 3.63) is 36.2 Å². The standard InChI is InChI=1S/C17H24N4O2/c1-3-17(4-2,8-9-22)11-18-16(23)14-7-5-6-13(10-14)15-19-12-20-21-15/h5-7,10,12,22H,3-4,8-9,11H2,1-2H3,(H,18,23)(H,19,20,21). The Bertz CT molecular complexity index is 621. The Kier molecular flexibility index (Phi) is 5.87. The SMILES string of the molecule is CCC(CC)(CCO)CNC(=O)c1cccc(-c2ncn[nH]2)c1. The highest BCUT2D eigenvalue weighted by atomic mass is 16.3. The summed E-state index contributed by atoms with van der Waals surface area (Å²) in [6.07, 6.45) is 3.97. The number of rotatable bonds is 8. The van der Waals surface area contributed by atoms with Crippen LogP contribution in [0.15, 0.2) is 30.6 Å². The van der Waals surface area contributed by atoms with Crippen LogP contribution in [0.2, 0.25) is 0 Å². The minimum absolute atomic E-state index is 0.0487. The first-order valence-electron chi connectivity index (χ1n) is 7.99. The second kappa shape index (κ2) is 7.87. The van der Waals surface area contributed by atoms with Gasteiger partial charge >= 0.3 is 0 Å². The summed E-state index contributed by atoms with van der Waals surface area (Å²) in [5.74, 6) is 0.520. The quantitative estimate of drug-likeness (QED) is 0.697. The van der Waals surface area contributed by atoms with Gasteiger partial charge in [-0.25, -0.2) is 4.98 Å². The predicted molar refractivity (Wildman–Crippen MR) is 88.9 cm³/mol. The maximum Gasteiger partial charge on any atom is 0.251 e. The molecule has 0 fully saturated rings. The molecular formula is C17H24N4O2. The number of benzene rings is 1. The molecule has 0 aliphatic carbocycles. The Labute approximate surface area is 136 Å². The zero-order chi connectivity index (χ0) is 16.7. The summed E-state index contributed by atoms with van der Waals surface area (Å²) >= 11 is 0. The minimum atomic E-state index is -0.115. The summed E-state index contributed by atoms with van der Waals surface area (Å²) in [4.78, 5) is 16.5. The second-order valence-electron chi connectivity index (χ2n) is 5.78. The van der Waals surface area contributed by atoms with E-state index in [1.807, 2.05) is 12.1 Å². The third-order valence-electron chi connectivity index (χ3n) is 4.58. The van der Waals surface area contributed by atoms with E-state index in [4.69, 9.17) is 0 Å². The first-order chi connectivity index (χ1) is 11.1. The molecule has 2 rings (SSSR count). The Balaban J connectivity index is 2.07. The lowest BCUT2D eigenvalue weighted by Crippen LogP contribution is -2.37. The number of aliphatic hydroxyl groups is 1. The molecule has 2 aromatic rings. The number of aromatic amines is 1. The van der Waals surface area contributed by atoms with Crippen LogP contribution in [0, 0.1) is 5.41 Å². The second-order valence-corrected chi connectivity index (χ2v) is 5.78. The lowest BCUT2D eigenvalue weighted by atomic mass is 9.79. The van der Waals surface area contributed by atoms with Crippen molar-refractivity contribution in [1.29, 1.82) is 0 Å². The average Bonchev–Trinajstić information content (AvgIpc) is 3.13. The highest BCUT2D eigenvalue weighted by Crippen LogP contribution is 2.29. The summed E-state index contributed by atoms with van der Waals surface area (Å²) in [5, 5.41) is 18.9. The van der Waals surface area contributed by atoms with Gasteiger partial charge in [0.05, 0.1) is 0 Å². The maximum absolute atomic E-state index is 12.4. The van der Waals surface area contributed by atoms with Gasteiger partial charge in [-0.2, -0.15) is 5.10 Å².